The molecule has 0 saturated carbocycles. The van der Waals surface area contributed by atoms with Gasteiger partial charge in [0.05, 0.1) is 5.69 Å². The molecular weight excluding hydrogens is 227 g/mol. The summed E-state index contributed by atoms with van der Waals surface area (Å²) in [7, 11) is 0. The number of nitrogens with two attached hydrogens (primary N) is 1. The van der Waals surface area contributed by atoms with Crippen LogP contribution in [0.5, 0.6) is 0 Å². The molecule has 0 fully saturated rings. The molecule has 3 heteroatoms. The molecule has 0 unspecified atom stereocenters. The van der Waals surface area contributed by atoms with Crippen LogP contribution in [0.3, 0.4) is 0 Å². The van der Waals surface area contributed by atoms with Gasteiger partial charge < -0.3 is 11.1 Å². The van der Waals surface area contributed by atoms with Crippen molar-refractivity contribution in [1.29, 1.82) is 0 Å². The topological polar surface area (TPSA) is 38.0 Å². The van der Waals surface area contributed by atoms with Crippen LogP contribution in [0.1, 0.15) is 18.9 Å². The summed E-state index contributed by atoms with van der Waals surface area (Å²) in [5.74, 6) is -0.332. The number of hydrogen-bond acceptors (Lipinski definition) is 2. The van der Waals surface area contributed by atoms with Gasteiger partial charge in [0.15, 0.2) is 0 Å². The highest BCUT2D eigenvalue weighted by atomic mass is 19.1. The third kappa shape index (κ3) is 2.80. The van der Waals surface area contributed by atoms with E-state index in [1.165, 1.54) is 11.6 Å². The molecule has 0 aliphatic carbocycles. The van der Waals surface area contributed by atoms with E-state index in [0.717, 1.165) is 18.5 Å². The average molecular weight is 244 g/mol. The Morgan fingerprint density at radius 2 is 1.89 bits per heavy atom. The summed E-state index contributed by atoms with van der Waals surface area (Å²) < 4.78 is 13.7. The fourth-order valence-corrected chi connectivity index (χ4v) is 1.91. The van der Waals surface area contributed by atoms with Crippen molar-refractivity contribution < 1.29 is 4.39 Å². The minimum Gasteiger partial charge on any atom is -0.399 e. The molecule has 18 heavy (non-hydrogen) atoms. The van der Waals surface area contributed by atoms with Crippen LogP contribution in [0, 0.1) is 5.82 Å². The molecule has 0 saturated heterocycles. The molecule has 94 valence electrons. The van der Waals surface area contributed by atoms with Gasteiger partial charge in [-0.15, -0.1) is 0 Å². The zero-order valence-electron chi connectivity index (χ0n) is 10.4. The molecule has 0 heterocycles. The largest absolute Gasteiger partial charge is 0.399 e. The highest BCUT2D eigenvalue weighted by Gasteiger charge is 2.05. The standard InChI is InChI=1S/C15H17FN2/c1-2-5-11-6-3-4-7-14(11)18-15-9-8-12(17)10-13(15)16/h3-4,6-10,18H,2,5,17H2,1H3. The van der Waals surface area contributed by atoms with Crippen LogP contribution in [0.15, 0.2) is 42.5 Å². The van der Waals surface area contributed by atoms with Crippen LogP contribution >= 0.6 is 0 Å². The van der Waals surface area contributed by atoms with Crippen molar-refractivity contribution in [3.05, 3.63) is 53.8 Å². The number of rotatable bonds is 4. The minimum atomic E-state index is -0.332. The van der Waals surface area contributed by atoms with Crippen LogP contribution in [-0.4, -0.2) is 0 Å². The Balaban J connectivity index is 2.28. The van der Waals surface area contributed by atoms with Crippen molar-refractivity contribution in [1.82, 2.24) is 0 Å². The summed E-state index contributed by atoms with van der Waals surface area (Å²) in [5, 5.41) is 3.12. The number of hydrogen-bond donors (Lipinski definition) is 2. The van der Waals surface area contributed by atoms with Crippen LogP contribution in [0.4, 0.5) is 21.5 Å². The van der Waals surface area contributed by atoms with E-state index in [1.807, 2.05) is 18.2 Å². The van der Waals surface area contributed by atoms with E-state index in [-0.39, 0.29) is 5.82 Å². The van der Waals surface area contributed by atoms with Crippen molar-refractivity contribution >= 4 is 17.1 Å². The minimum absolute atomic E-state index is 0.332. The van der Waals surface area contributed by atoms with Crippen molar-refractivity contribution in [2.75, 3.05) is 11.1 Å². The molecular formula is C15H17FN2. The van der Waals surface area contributed by atoms with Gasteiger partial charge >= 0.3 is 0 Å². The molecule has 0 aromatic heterocycles. The predicted molar refractivity (Wildman–Crippen MR) is 74.5 cm³/mol. The normalized spacial score (nSPS) is 10.3. The molecule has 2 rings (SSSR count). The molecule has 0 aliphatic rings. The Hall–Kier alpha value is -2.03. The summed E-state index contributed by atoms with van der Waals surface area (Å²) in [6.07, 6.45) is 2.03. The van der Waals surface area contributed by atoms with E-state index >= 15 is 0 Å². The van der Waals surface area contributed by atoms with E-state index in [9.17, 15) is 4.39 Å². The molecule has 2 aromatic carbocycles. The number of para-hydroxylation sites is 1. The van der Waals surface area contributed by atoms with E-state index in [0.29, 0.717) is 11.4 Å². The third-order valence-corrected chi connectivity index (χ3v) is 2.80. The molecule has 0 amide bonds. The van der Waals surface area contributed by atoms with Crippen molar-refractivity contribution in [2.45, 2.75) is 19.8 Å². The molecule has 0 aliphatic heterocycles. The van der Waals surface area contributed by atoms with Crippen molar-refractivity contribution in [3.8, 4) is 0 Å². The summed E-state index contributed by atoms with van der Waals surface area (Å²) >= 11 is 0. The number of nitrogen functional groups attached to an aromatic ring is 1. The molecule has 0 bridgehead atoms. The van der Waals surface area contributed by atoms with E-state index in [2.05, 4.69) is 18.3 Å². The summed E-state index contributed by atoms with van der Waals surface area (Å²) in [5.41, 5.74) is 8.55. The Morgan fingerprint density at radius 1 is 1.11 bits per heavy atom. The first-order chi connectivity index (χ1) is 8.70. The molecule has 0 spiro atoms. The third-order valence-electron chi connectivity index (χ3n) is 2.80. The molecule has 0 atom stereocenters. The van der Waals surface area contributed by atoms with Crippen LogP contribution in [0.2, 0.25) is 0 Å². The maximum absolute atomic E-state index is 13.7. The van der Waals surface area contributed by atoms with Gasteiger partial charge in [-0.1, -0.05) is 31.5 Å². The lowest BCUT2D eigenvalue weighted by Crippen LogP contribution is -1.98. The number of halogens is 1. The van der Waals surface area contributed by atoms with E-state index in [4.69, 9.17) is 5.73 Å². The number of anilines is 3. The van der Waals surface area contributed by atoms with Crippen LogP contribution < -0.4 is 11.1 Å². The number of aryl methyl sites for hydroxylation is 1. The monoisotopic (exact) mass is 244 g/mol. The predicted octanol–water partition coefficient (Wildman–Crippen LogP) is 4.10. The van der Waals surface area contributed by atoms with Crippen molar-refractivity contribution in [3.63, 3.8) is 0 Å². The number of benzene rings is 2. The van der Waals surface area contributed by atoms with Crippen LogP contribution in [-0.2, 0) is 6.42 Å². The SMILES string of the molecule is CCCc1ccccc1Nc1ccc(N)cc1F. The Kier molecular flexibility index (Phi) is 3.82. The summed E-state index contributed by atoms with van der Waals surface area (Å²) in [4.78, 5) is 0. The van der Waals surface area contributed by atoms with Gasteiger partial charge in [0.25, 0.3) is 0 Å². The van der Waals surface area contributed by atoms with Crippen LogP contribution in [0.25, 0.3) is 0 Å². The first kappa shape index (κ1) is 12.4. The van der Waals surface area contributed by atoms with E-state index in [1.54, 1.807) is 12.1 Å². The first-order valence-corrected chi connectivity index (χ1v) is 6.10. The highest BCUT2D eigenvalue weighted by molar-refractivity contribution is 5.65. The Labute approximate surface area is 107 Å². The van der Waals surface area contributed by atoms with Gasteiger partial charge in [-0.3, -0.25) is 0 Å². The smallest absolute Gasteiger partial charge is 0.148 e. The maximum Gasteiger partial charge on any atom is 0.148 e. The molecule has 2 nitrogen and oxygen atoms in total. The Morgan fingerprint density at radius 3 is 2.61 bits per heavy atom. The van der Waals surface area contributed by atoms with Gasteiger partial charge in [0.2, 0.25) is 0 Å². The average Bonchev–Trinajstić information content (AvgIpc) is 2.35. The lowest BCUT2D eigenvalue weighted by Gasteiger charge is -2.12. The first-order valence-electron chi connectivity index (χ1n) is 6.10. The second kappa shape index (κ2) is 5.54. The molecule has 0 radical (unpaired) electrons. The Bertz CT molecular complexity index is 538. The van der Waals surface area contributed by atoms with Gasteiger partial charge in [-0.2, -0.15) is 0 Å². The summed E-state index contributed by atoms with van der Waals surface area (Å²) in [6.45, 7) is 2.13. The fraction of sp³-hybridized carbons (Fsp3) is 0.200. The van der Waals surface area contributed by atoms with E-state index < -0.39 is 0 Å². The van der Waals surface area contributed by atoms with Gasteiger partial charge in [-0.05, 0) is 36.2 Å². The lowest BCUT2D eigenvalue weighted by atomic mass is 10.1. The zero-order valence-corrected chi connectivity index (χ0v) is 10.4. The van der Waals surface area contributed by atoms with Gasteiger partial charge in [-0.25, -0.2) is 4.39 Å². The van der Waals surface area contributed by atoms with Crippen molar-refractivity contribution in [2.24, 2.45) is 0 Å². The lowest BCUT2D eigenvalue weighted by molar-refractivity contribution is 0.632. The maximum atomic E-state index is 13.7. The highest BCUT2D eigenvalue weighted by Crippen LogP contribution is 2.25. The second-order valence-corrected chi connectivity index (χ2v) is 4.27. The second-order valence-electron chi connectivity index (χ2n) is 4.27. The quantitative estimate of drug-likeness (QED) is 0.794. The zero-order chi connectivity index (χ0) is 13.0. The molecule has 2 aromatic rings. The summed E-state index contributed by atoms with van der Waals surface area (Å²) in [6, 6.07) is 12.6. The fourth-order valence-electron chi connectivity index (χ4n) is 1.91. The number of nitrogens with one attached hydrogen (secondary N) is 1. The van der Waals surface area contributed by atoms with Gasteiger partial charge in [0.1, 0.15) is 5.82 Å². The molecule has 3 N–H and O–H groups in total. The van der Waals surface area contributed by atoms with Gasteiger partial charge in [0, 0.05) is 11.4 Å².